The van der Waals surface area contributed by atoms with E-state index >= 15 is 0 Å². The van der Waals surface area contributed by atoms with Gasteiger partial charge in [0.1, 0.15) is 24.9 Å². The first-order chi connectivity index (χ1) is 9.09. The van der Waals surface area contributed by atoms with Crippen molar-refractivity contribution < 1.29 is 49.8 Å². The van der Waals surface area contributed by atoms with E-state index in [4.69, 9.17) is 21.1 Å². The van der Waals surface area contributed by atoms with Crippen LogP contribution in [0.4, 0.5) is 0 Å². The molecule has 0 aliphatic carbocycles. The minimum atomic E-state index is -2.44. The van der Waals surface area contributed by atoms with Crippen LogP contribution < -0.4 is 5.73 Å². The van der Waals surface area contributed by atoms with Crippen molar-refractivity contribution >= 4 is 17.9 Å². The van der Waals surface area contributed by atoms with E-state index in [0.29, 0.717) is 0 Å². The van der Waals surface area contributed by atoms with Crippen molar-refractivity contribution in [2.75, 3.05) is 6.61 Å². The van der Waals surface area contributed by atoms with Crippen LogP contribution in [0, 0.1) is 0 Å². The third-order valence-electron chi connectivity index (χ3n) is 2.21. The van der Waals surface area contributed by atoms with Crippen molar-refractivity contribution in [1.29, 1.82) is 0 Å². The van der Waals surface area contributed by atoms with Crippen molar-refractivity contribution in [3.8, 4) is 0 Å². The van der Waals surface area contributed by atoms with Gasteiger partial charge in [-0.05, 0) is 0 Å². The predicted molar refractivity (Wildman–Crippen MR) is 58.2 cm³/mol. The van der Waals surface area contributed by atoms with E-state index < -0.39 is 55.0 Å². The van der Waals surface area contributed by atoms with Crippen molar-refractivity contribution in [3.05, 3.63) is 0 Å². The Morgan fingerprint density at radius 3 is 1.75 bits per heavy atom. The number of hydrogen-bond acceptors (Lipinski definition) is 9. The van der Waals surface area contributed by atoms with Gasteiger partial charge < -0.3 is 41.1 Å². The summed E-state index contributed by atoms with van der Waals surface area (Å²) < 4.78 is 4.24. The second-order valence-corrected chi connectivity index (χ2v) is 3.78. The average Bonchev–Trinajstić information content (AvgIpc) is 2.40. The maximum Gasteiger partial charge on any atom is 0.337 e. The molecular formula is C9H15NO10. The summed E-state index contributed by atoms with van der Waals surface area (Å²) in [4.78, 5) is 31.8. The first kappa shape index (κ1) is 18.2. The zero-order chi connectivity index (χ0) is 16.0. The largest absolute Gasteiger partial charge is 0.480 e. The number of rotatable bonds is 8. The summed E-state index contributed by atoms with van der Waals surface area (Å²) in [6.45, 7) is -0.810. The Labute approximate surface area is 111 Å². The van der Waals surface area contributed by atoms with Crippen LogP contribution >= 0.6 is 0 Å². The lowest BCUT2D eigenvalue weighted by molar-refractivity contribution is -0.176. The van der Waals surface area contributed by atoms with Crippen LogP contribution in [0.1, 0.15) is 0 Å². The van der Waals surface area contributed by atoms with E-state index in [-0.39, 0.29) is 0 Å². The molecule has 5 atom stereocenters. The number of esters is 1. The number of carboxylic acids is 2. The molecule has 0 bridgehead atoms. The van der Waals surface area contributed by atoms with E-state index in [0.717, 1.165) is 0 Å². The van der Waals surface area contributed by atoms with Crippen LogP contribution in [-0.4, -0.2) is 85.6 Å². The van der Waals surface area contributed by atoms with Gasteiger partial charge in [-0.3, -0.25) is 4.79 Å². The molecule has 0 rings (SSSR count). The van der Waals surface area contributed by atoms with Crippen molar-refractivity contribution in [2.45, 2.75) is 30.5 Å². The van der Waals surface area contributed by atoms with Crippen LogP contribution in [0.2, 0.25) is 0 Å². The molecule has 0 saturated heterocycles. The van der Waals surface area contributed by atoms with Gasteiger partial charge in [0.15, 0.2) is 12.2 Å². The molecule has 0 radical (unpaired) electrons. The summed E-state index contributed by atoms with van der Waals surface area (Å²) in [6, 6.07) is -1.56. The standard InChI is InChI=1S/C9H15NO10/c10-2(7(15)16)1-20-9(19)6(14)4(12)3(11)5(13)8(17)18/h2-6,11-14H,1,10H2,(H,15,16)(H,17,18). The first-order valence-electron chi connectivity index (χ1n) is 5.19. The number of carbonyl (C=O) groups excluding carboxylic acids is 1. The fourth-order valence-electron chi connectivity index (χ4n) is 0.988. The van der Waals surface area contributed by atoms with Crippen LogP contribution in [0.25, 0.3) is 0 Å². The van der Waals surface area contributed by atoms with Gasteiger partial charge in [-0.2, -0.15) is 0 Å². The summed E-state index contributed by atoms with van der Waals surface area (Å²) in [7, 11) is 0. The normalized spacial score (nSPS) is 18.4. The third-order valence-corrected chi connectivity index (χ3v) is 2.21. The highest BCUT2D eigenvalue weighted by Gasteiger charge is 2.38. The molecule has 20 heavy (non-hydrogen) atoms. The smallest absolute Gasteiger partial charge is 0.337 e. The Kier molecular flexibility index (Phi) is 7.02. The fraction of sp³-hybridized carbons (Fsp3) is 0.667. The Hall–Kier alpha value is -1.79. The highest BCUT2D eigenvalue weighted by Crippen LogP contribution is 2.07. The lowest BCUT2D eigenvalue weighted by Gasteiger charge is -2.23. The highest BCUT2D eigenvalue weighted by molar-refractivity contribution is 5.77. The number of aliphatic carboxylic acids is 2. The summed E-state index contributed by atoms with van der Waals surface area (Å²) in [5.74, 6) is -4.90. The number of nitrogens with two attached hydrogens (primary N) is 1. The molecule has 0 aliphatic heterocycles. The maximum absolute atomic E-state index is 11.2. The van der Waals surface area contributed by atoms with Crippen LogP contribution in [-0.2, 0) is 19.1 Å². The number of carboxylic acid groups (broad SMARTS) is 2. The van der Waals surface area contributed by atoms with Crippen LogP contribution in [0.5, 0.6) is 0 Å². The first-order valence-corrected chi connectivity index (χ1v) is 5.19. The zero-order valence-electron chi connectivity index (χ0n) is 9.99. The Bertz CT molecular complexity index is 372. The molecule has 11 nitrogen and oxygen atoms in total. The molecule has 0 aliphatic rings. The monoisotopic (exact) mass is 297 g/mol. The minimum Gasteiger partial charge on any atom is -0.480 e. The molecule has 0 aromatic rings. The number of aliphatic hydroxyl groups is 4. The summed E-state index contributed by atoms with van der Waals surface area (Å²) in [6.07, 6.45) is -9.54. The Balaban J connectivity index is 4.49. The minimum absolute atomic E-state index is 0.810. The lowest BCUT2D eigenvalue weighted by atomic mass is 10.0. The summed E-state index contributed by atoms with van der Waals surface area (Å²) >= 11 is 0. The van der Waals surface area contributed by atoms with E-state index in [1.165, 1.54) is 0 Å². The molecule has 0 saturated carbocycles. The molecule has 0 heterocycles. The molecule has 0 aromatic heterocycles. The Morgan fingerprint density at radius 2 is 1.35 bits per heavy atom. The lowest BCUT2D eigenvalue weighted by Crippen LogP contribution is -2.51. The van der Waals surface area contributed by atoms with E-state index in [2.05, 4.69) is 4.74 Å². The van der Waals surface area contributed by atoms with Gasteiger partial charge >= 0.3 is 17.9 Å². The van der Waals surface area contributed by atoms with Crippen LogP contribution in [0.15, 0.2) is 0 Å². The number of carbonyl (C=O) groups is 3. The number of aliphatic hydroxyl groups excluding tert-OH is 4. The predicted octanol–water partition coefficient (Wildman–Crippen LogP) is -4.53. The second kappa shape index (κ2) is 7.72. The van der Waals surface area contributed by atoms with Crippen LogP contribution in [0.3, 0.4) is 0 Å². The zero-order valence-corrected chi connectivity index (χ0v) is 9.99. The van der Waals surface area contributed by atoms with Crippen molar-refractivity contribution in [2.24, 2.45) is 5.73 Å². The van der Waals surface area contributed by atoms with Gasteiger partial charge in [0.2, 0.25) is 0 Å². The molecule has 8 N–H and O–H groups in total. The fourth-order valence-corrected chi connectivity index (χ4v) is 0.988. The SMILES string of the molecule is NC(COC(=O)C(O)C(O)C(O)C(O)C(=O)O)C(=O)O. The molecule has 5 unspecified atom stereocenters. The molecular weight excluding hydrogens is 282 g/mol. The molecule has 0 spiro atoms. The van der Waals surface area contributed by atoms with E-state index in [9.17, 15) is 29.7 Å². The molecule has 0 fully saturated rings. The average molecular weight is 297 g/mol. The van der Waals surface area contributed by atoms with Crippen molar-refractivity contribution in [1.82, 2.24) is 0 Å². The molecule has 116 valence electrons. The van der Waals surface area contributed by atoms with Gasteiger partial charge in [-0.25, -0.2) is 9.59 Å². The number of hydrogen-bond donors (Lipinski definition) is 7. The number of ether oxygens (including phenoxy) is 1. The maximum atomic E-state index is 11.2. The quantitative estimate of drug-likeness (QED) is 0.212. The van der Waals surface area contributed by atoms with Gasteiger partial charge in [-0.15, -0.1) is 0 Å². The van der Waals surface area contributed by atoms with Gasteiger partial charge in [0, 0.05) is 0 Å². The van der Waals surface area contributed by atoms with E-state index in [1.807, 2.05) is 0 Å². The van der Waals surface area contributed by atoms with Gasteiger partial charge in [0.25, 0.3) is 0 Å². The summed E-state index contributed by atoms with van der Waals surface area (Å²) in [5.41, 5.74) is 5.00. The highest BCUT2D eigenvalue weighted by atomic mass is 16.6. The van der Waals surface area contributed by atoms with E-state index in [1.54, 1.807) is 0 Å². The molecule has 11 heteroatoms. The second-order valence-electron chi connectivity index (χ2n) is 3.78. The molecule has 0 aromatic carbocycles. The van der Waals surface area contributed by atoms with Crippen molar-refractivity contribution in [3.63, 3.8) is 0 Å². The molecule has 0 amide bonds. The summed E-state index contributed by atoms with van der Waals surface area (Å²) in [5, 5.41) is 53.4. The topological polar surface area (TPSA) is 208 Å². The van der Waals surface area contributed by atoms with Gasteiger partial charge in [-0.1, -0.05) is 0 Å². The third kappa shape index (κ3) is 5.07. The Morgan fingerprint density at radius 1 is 0.900 bits per heavy atom. The van der Waals surface area contributed by atoms with Gasteiger partial charge in [0.05, 0.1) is 0 Å².